The average Bonchev–Trinajstić information content (AvgIpc) is 2.78. The van der Waals surface area contributed by atoms with Crippen LogP contribution in [0.2, 0.25) is 0 Å². The van der Waals surface area contributed by atoms with Gasteiger partial charge in [0.05, 0.1) is 16.7 Å². The lowest BCUT2D eigenvalue weighted by molar-refractivity contribution is 0.623. The van der Waals surface area contributed by atoms with Crippen molar-refractivity contribution in [3.63, 3.8) is 0 Å². The molecule has 3 nitrogen and oxygen atoms in total. The summed E-state index contributed by atoms with van der Waals surface area (Å²) < 4.78 is 0. The number of aryl methyl sites for hydroxylation is 2. The molecule has 0 saturated carbocycles. The second-order valence-electron chi connectivity index (χ2n) is 3.99. The van der Waals surface area contributed by atoms with Gasteiger partial charge in [0.2, 0.25) is 0 Å². The van der Waals surface area contributed by atoms with Crippen LogP contribution in [0.3, 0.4) is 0 Å². The van der Waals surface area contributed by atoms with E-state index in [0.29, 0.717) is 0 Å². The van der Waals surface area contributed by atoms with Crippen molar-refractivity contribution in [3.8, 4) is 0 Å². The largest absolute Gasteiger partial charge is 0.271 e. The van der Waals surface area contributed by atoms with Gasteiger partial charge in [0, 0.05) is 5.38 Å². The van der Waals surface area contributed by atoms with Crippen molar-refractivity contribution in [2.24, 2.45) is 5.84 Å². The number of nitrogens with one attached hydrogen (secondary N) is 1. The van der Waals surface area contributed by atoms with Gasteiger partial charge < -0.3 is 0 Å². The summed E-state index contributed by atoms with van der Waals surface area (Å²) in [5, 5.41) is 3.11. The molecule has 4 heteroatoms. The van der Waals surface area contributed by atoms with Crippen molar-refractivity contribution in [2.75, 3.05) is 0 Å². The Balaban J connectivity index is 2.28. The lowest BCUT2D eigenvalue weighted by atomic mass is 10.0. The second-order valence-corrected chi connectivity index (χ2v) is 5.05. The summed E-state index contributed by atoms with van der Waals surface area (Å²) >= 11 is 1.64. The zero-order valence-corrected chi connectivity index (χ0v) is 10.9. The lowest BCUT2D eigenvalue weighted by Gasteiger charge is -2.14. The highest BCUT2D eigenvalue weighted by molar-refractivity contribution is 7.09. The van der Waals surface area contributed by atoms with Gasteiger partial charge in [-0.1, -0.05) is 31.2 Å². The van der Waals surface area contributed by atoms with Crippen LogP contribution in [0.4, 0.5) is 0 Å². The number of hydrogen-bond donors (Lipinski definition) is 2. The Kier molecular flexibility index (Phi) is 3.89. The number of thiazole rings is 1. The van der Waals surface area contributed by atoms with E-state index in [2.05, 4.69) is 41.6 Å². The van der Waals surface area contributed by atoms with Crippen molar-refractivity contribution < 1.29 is 0 Å². The van der Waals surface area contributed by atoms with Gasteiger partial charge in [-0.3, -0.25) is 5.84 Å². The molecule has 0 aliphatic rings. The molecule has 0 spiro atoms. The first-order valence-corrected chi connectivity index (χ1v) is 6.59. The summed E-state index contributed by atoms with van der Waals surface area (Å²) in [6.07, 6.45) is 1.05. The van der Waals surface area contributed by atoms with E-state index in [4.69, 9.17) is 5.84 Å². The molecule has 2 rings (SSSR count). The van der Waals surface area contributed by atoms with Crippen LogP contribution in [0.1, 0.15) is 34.8 Å². The number of hydrazine groups is 1. The lowest BCUT2D eigenvalue weighted by Crippen LogP contribution is -2.29. The van der Waals surface area contributed by atoms with Gasteiger partial charge in [0.15, 0.2) is 0 Å². The number of rotatable bonds is 4. The minimum Gasteiger partial charge on any atom is -0.271 e. The fraction of sp³-hybridized carbons (Fsp3) is 0.308. The maximum Gasteiger partial charge on any atom is 0.0898 e. The summed E-state index contributed by atoms with van der Waals surface area (Å²) in [4.78, 5) is 4.48. The second kappa shape index (κ2) is 5.40. The van der Waals surface area contributed by atoms with E-state index in [1.807, 2.05) is 12.3 Å². The number of nitrogens with two attached hydrogens (primary N) is 1. The number of aromatic nitrogens is 1. The van der Waals surface area contributed by atoms with E-state index in [9.17, 15) is 0 Å². The summed E-state index contributed by atoms with van der Waals surface area (Å²) in [6, 6.07) is 8.47. The van der Waals surface area contributed by atoms with Gasteiger partial charge in [-0.15, -0.1) is 11.3 Å². The molecule has 0 fully saturated rings. The Bertz CT molecular complexity index is 476. The summed E-state index contributed by atoms with van der Waals surface area (Å²) in [5.41, 5.74) is 6.30. The predicted octanol–water partition coefficient (Wildman–Crippen LogP) is 2.57. The fourth-order valence-corrected chi connectivity index (χ4v) is 2.45. The van der Waals surface area contributed by atoms with Crippen LogP contribution in [-0.2, 0) is 6.42 Å². The van der Waals surface area contributed by atoms with Gasteiger partial charge in [0.1, 0.15) is 0 Å². The molecule has 0 amide bonds. The quantitative estimate of drug-likeness (QED) is 0.645. The molecule has 1 aromatic carbocycles. The van der Waals surface area contributed by atoms with Gasteiger partial charge in [0.25, 0.3) is 0 Å². The number of hydrogen-bond acceptors (Lipinski definition) is 4. The summed E-state index contributed by atoms with van der Waals surface area (Å²) in [5.74, 6) is 5.63. The molecule has 1 unspecified atom stereocenters. The van der Waals surface area contributed by atoms with Gasteiger partial charge in [-0.2, -0.15) is 0 Å². The third-order valence-corrected chi connectivity index (χ3v) is 3.61. The highest BCUT2D eigenvalue weighted by Crippen LogP contribution is 2.23. The van der Waals surface area contributed by atoms with Crippen molar-refractivity contribution in [2.45, 2.75) is 26.3 Å². The van der Waals surface area contributed by atoms with Crippen LogP contribution in [0.5, 0.6) is 0 Å². The first-order chi connectivity index (χ1) is 8.24. The molecule has 1 heterocycles. The van der Waals surface area contributed by atoms with Gasteiger partial charge in [-0.25, -0.2) is 10.4 Å². The third kappa shape index (κ3) is 2.72. The zero-order valence-electron chi connectivity index (χ0n) is 10.1. The van der Waals surface area contributed by atoms with Gasteiger partial charge >= 0.3 is 0 Å². The molecule has 90 valence electrons. The van der Waals surface area contributed by atoms with Crippen molar-refractivity contribution in [3.05, 3.63) is 51.5 Å². The van der Waals surface area contributed by atoms with Crippen LogP contribution in [0.15, 0.2) is 29.6 Å². The minimum atomic E-state index is -0.0224. The van der Waals surface area contributed by atoms with E-state index in [1.165, 1.54) is 5.56 Å². The molecule has 17 heavy (non-hydrogen) atoms. The van der Waals surface area contributed by atoms with Crippen LogP contribution < -0.4 is 11.3 Å². The SMILES string of the molecule is CCc1ccc(C(NN)c2csc(C)n2)cc1. The van der Waals surface area contributed by atoms with Crippen molar-refractivity contribution >= 4 is 11.3 Å². The molecule has 0 aliphatic carbocycles. The highest BCUT2D eigenvalue weighted by atomic mass is 32.1. The smallest absolute Gasteiger partial charge is 0.0898 e. The molecular weight excluding hydrogens is 230 g/mol. The first-order valence-electron chi connectivity index (χ1n) is 5.71. The van der Waals surface area contributed by atoms with Gasteiger partial charge in [-0.05, 0) is 24.5 Å². The van der Waals surface area contributed by atoms with Crippen LogP contribution in [0.25, 0.3) is 0 Å². The summed E-state index contributed by atoms with van der Waals surface area (Å²) in [6.45, 7) is 4.15. The Morgan fingerprint density at radius 1 is 1.35 bits per heavy atom. The average molecular weight is 247 g/mol. The Morgan fingerprint density at radius 2 is 2.06 bits per heavy atom. The van der Waals surface area contributed by atoms with E-state index >= 15 is 0 Å². The Labute approximate surface area is 106 Å². The maximum absolute atomic E-state index is 5.63. The Morgan fingerprint density at radius 3 is 2.53 bits per heavy atom. The predicted molar refractivity (Wildman–Crippen MR) is 71.8 cm³/mol. The molecular formula is C13H17N3S. The topological polar surface area (TPSA) is 50.9 Å². The monoisotopic (exact) mass is 247 g/mol. The fourth-order valence-electron chi connectivity index (χ4n) is 1.81. The molecule has 0 saturated heterocycles. The molecule has 3 N–H and O–H groups in total. The van der Waals surface area contributed by atoms with E-state index in [-0.39, 0.29) is 6.04 Å². The molecule has 0 bridgehead atoms. The van der Waals surface area contributed by atoms with E-state index in [1.54, 1.807) is 11.3 Å². The van der Waals surface area contributed by atoms with Crippen LogP contribution in [0, 0.1) is 6.92 Å². The third-order valence-electron chi connectivity index (χ3n) is 2.82. The van der Waals surface area contributed by atoms with E-state index in [0.717, 1.165) is 22.7 Å². The van der Waals surface area contributed by atoms with Crippen molar-refractivity contribution in [1.82, 2.24) is 10.4 Å². The molecule has 0 aliphatic heterocycles. The van der Waals surface area contributed by atoms with Crippen LogP contribution >= 0.6 is 11.3 Å². The van der Waals surface area contributed by atoms with Crippen molar-refractivity contribution in [1.29, 1.82) is 0 Å². The first kappa shape index (κ1) is 12.2. The standard InChI is InChI=1S/C13H17N3S/c1-3-10-4-6-11(7-5-10)13(16-14)12-8-17-9(2)15-12/h4-8,13,16H,3,14H2,1-2H3. The molecule has 1 atom stereocenters. The number of benzene rings is 1. The Hall–Kier alpha value is -1.23. The zero-order chi connectivity index (χ0) is 12.3. The summed E-state index contributed by atoms with van der Waals surface area (Å²) in [7, 11) is 0. The maximum atomic E-state index is 5.63. The normalized spacial score (nSPS) is 12.6. The minimum absolute atomic E-state index is 0.0224. The molecule has 1 aromatic heterocycles. The molecule has 2 aromatic rings. The number of nitrogens with zero attached hydrogens (tertiary/aromatic N) is 1. The van der Waals surface area contributed by atoms with E-state index < -0.39 is 0 Å². The molecule has 0 radical (unpaired) electrons. The van der Waals surface area contributed by atoms with Crippen LogP contribution in [-0.4, -0.2) is 4.98 Å². The highest BCUT2D eigenvalue weighted by Gasteiger charge is 2.14.